The number of hydrogen-bond acceptors (Lipinski definition) is 5. The summed E-state index contributed by atoms with van der Waals surface area (Å²) in [7, 11) is 0. The van der Waals surface area contributed by atoms with Gasteiger partial charge in [-0.05, 0) is 12.8 Å². The highest BCUT2D eigenvalue weighted by Gasteiger charge is 2.14. The van der Waals surface area contributed by atoms with E-state index in [9.17, 15) is 0 Å². The summed E-state index contributed by atoms with van der Waals surface area (Å²) in [5, 5.41) is 7.83. The molecular formula is C10H18N4O2. The van der Waals surface area contributed by atoms with Crippen molar-refractivity contribution < 1.29 is 9.47 Å². The van der Waals surface area contributed by atoms with Crippen molar-refractivity contribution >= 4 is 0 Å². The minimum absolute atomic E-state index is 0.287. The second kappa shape index (κ2) is 5.93. The van der Waals surface area contributed by atoms with Gasteiger partial charge in [-0.2, -0.15) is 0 Å². The van der Waals surface area contributed by atoms with Crippen molar-refractivity contribution in [2.75, 3.05) is 19.8 Å². The zero-order valence-corrected chi connectivity index (χ0v) is 9.34. The van der Waals surface area contributed by atoms with Gasteiger partial charge in [0, 0.05) is 19.3 Å². The Morgan fingerprint density at radius 2 is 2.56 bits per heavy atom. The molecule has 16 heavy (non-hydrogen) atoms. The van der Waals surface area contributed by atoms with Crippen LogP contribution in [0.4, 0.5) is 0 Å². The van der Waals surface area contributed by atoms with Crippen LogP contribution < -0.4 is 5.73 Å². The lowest BCUT2D eigenvalue weighted by molar-refractivity contribution is 0.0141. The summed E-state index contributed by atoms with van der Waals surface area (Å²) in [6.07, 6.45) is 4.39. The van der Waals surface area contributed by atoms with Gasteiger partial charge in [-0.15, -0.1) is 5.10 Å². The third kappa shape index (κ3) is 3.26. The molecule has 1 aromatic rings. The smallest absolute Gasteiger partial charge is 0.0962 e. The third-order valence-corrected chi connectivity index (χ3v) is 2.59. The quantitative estimate of drug-likeness (QED) is 0.687. The summed E-state index contributed by atoms with van der Waals surface area (Å²) in [6, 6.07) is 0. The van der Waals surface area contributed by atoms with E-state index in [1.54, 1.807) is 4.68 Å². The Kier molecular flexibility index (Phi) is 4.26. The number of ether oxygens (including phenoxy) is 2. The second-order valence-corrected chi connectivity index (χ2v) is 3.89. The summed E-state index contributed by atoms with van der Waals surface area (Å²) >= 11 is 0. The second-order valence-electron chi connectivity index (χ2n) is 3.89. The van der Waals surface area contributed by atoms with Gasteiger partial charge >= 0.3 is 0 Å². The molecule has 1 fully saturated rings. The van der Waals surface area contributed by atoms with E-state index in [0.717, 1.165) is 25.1 Å². The van der Waals surface area contributed by atoms with Crippen molar-refractivity contribution in [2.45, 2.75) is 32.0 Å². The molecule has 0 spiro atoms. The first kappa shape index (κ1) is 11.5. The fourth-order valence-corrected chi connectivity index (χ4v) is 1.69. The van der Waals surface area contributed by atoms with Crippen LogP contribution in [0.3, 0.4) is 0 Å². The van der Waals surface area contributed by atoms with E-state index in [1.165, 1.54) is 0 Å². The van der Waals surface area contributed by atoms with Gasteiger partial charge in [0.1, 0.15) is 0 Å². The molecule has 1 saturated heterocycles. The van der Waals surface area contributed by atoms with Crippen molar-refractivity contribution in [3.8, 4) is 0 Å². The molecule has 0 radical (unpaired) electrons. The minimum Gasteiger partial charge on any atom is -0.377 e. The molecule has 1 aromatic heterocycles. The zero-order valence-electron chi connectivity index (χ0n) is 9.34. The molecule has 2 rings (SSSR count). The summed E-state index contributed by atoms with van der Waals surface area (Å²) in [5.41, 5.74) is 6.24. The Labute approximate surface area is 94.7 Å². The molecule has 90 valence electrons. The highest BCUT2D eigenvalue weighted by Crippen LogP contribution is 2.11. The van der Waals surface area contributed by atoms with E-state index in [0.29, 0.717) is 26.3 Å². The summed E-state index contributed by atoms with van der Waals surface area (Å²) in [4.78, 5) is 0. The Hall–Kier alpha value is -0.980. The van der Waals surface area contributed by atoms with E-state index in [-0.39, 0.29) is 6.10 Å². The summed E-state index contributed by atoms with van der Waals surface area (Å²) in [5.74, 6) is 0. The molecule has 2 heterocycles. The van der Waals surface area contributed by atoms with Gasteiger partial charge in [-0.25, -0.2) is 4.68 Å². The maximum absolute atomic E-state index is 5.52. The maximum Gasteiger partial charge on any atom is 0.0962 e. The van der Waals surface area contributed by atoms with Crippen molar-refractivity contribution in [1.29, 1.82) is 0 Å². The number of nitrogens with zero attached hydrogens (tertiary/aromatic N) is 3. The molecule has 1 aliphatic rings. The molecule has 1 atom stereocenters. The van der Waals surface area contributed by atoms with Crippen LogP contribution in [0.15, 0.2) is 6.20 Å². The average Bonchev–Trinajstić information content (AvgIpc) is 2.95. The number of rotatable bonds is 6. The lowest BCUT2D eigenvalue weighted by atomic mass is 10.2. The molecule has 0 aliphatic carbocycles. The Morgan fingerprint density at radius 1 is 1.62 bits per heavy atom. The van der Waals surface area contributed by atoms with Crippen molar-refractivity contribution in [1.82, 2.24) is 15.0 Å². The van der Waals surface area contributed by atoms with E-state index < -0.39 is 0 Å². The molecule has 1 aliphatic heterocycles. The van der Waals surface area contributed by atoms with E-state index in [4.69, 9.17) is 15.2 Å². The minimum atomic E-state index is 0.287. The summed E-state index contributed by atoms with van der Waals surface area (Å²) in [6.45, 7) is 3.32. The van der Waals surface area contributed by atoms with Crippen LogP contribution in [-0.2, 0) is 22.6 Å². The van der Waals surface area contributed by atoms with Crippen LogP contribution >= 0.6 is 0 Å². The predicted molar refractivity (Wildman–Crippen MR) is 57.7 cm³/mol. The van der Waals surface area contributed by atoms with Gasteiger partial charge in [0.25, 0.3) is 0 Å². The molecule has 0 amide bonds. The largest absolute Gasteiger partial charge is 0.377 e. The third-order valence-electron chi connectivity index (χ3n) is 2.59. The topological polar surface area (TPSA) is 75.2 Å². The van der Waals surface area contributed by atoms with Gasteiger partial charge in [0.05, 0.1) is 31.6 Å². The molecule has 0 bridgehead atoms. The number of hydrogen-bond donors (Lipinski definition) is 1. The Morgan fingerprint density at radius 3 is 3.25 bits per heavy atom. The van der Waals surface area contributed by atoms with Gasteiger partial charge in [0.2, 0.25) is 0 Å². The monoisotopic (exact) mass is 226 g/mol. The molecular weight excluding hydrogens is 208 g/mol. The lowest BCUT2D eigenvalue weighted by Gasteiger charge is -2.09. The molecule has 6 heteroatoms. The maximum atomic E-state index is 5.52. The van der Waals surface area contributed by atoms with Gasteiger partial charge in [-0.1, -0.05) is 5.21 Å². The Balaban J connectivity index is 1.60. The number of nitrogens with two attached hydrogens (primary N) is 1. The van der Waals surface area contributed by atoms with Crippen LogP contribution in [0.1, 0.15) is 18.5 Å². The molecule has 1 unspecified atom stereocenters. The normalized spacial score (nSPS) is 20.4. The Bertz CT molecular complexity index is 310. The first-order chi connectivity index (χ1) is 7.88. The van der Waals surface area contributed by atoms with E-state index >= 15 is 0 Å². The SMILES string of the molecule is NCc1cn(CCOCC2CCCO2)nn1. The first-order valence-corrected chi connectivity index (χ1v) is 5.67. The van der Waals surface area contributed by atoms with Crippen LogP contribution in [0.5, 0.6) is 0 Å². The van der Waals surface area contributed by atoms with Crippen molar-refractivity contribution in [3.63, 3.8) is 0 Å². The first-order valence-electron chi connectivity index (χ1n) is 5.67. The van der Waals surface area contributed by atoms with Gasteiger partial charge < -0.3 is 15.2 Å². The molecule has 6 nitrogen and oxygen atoms in total. The predicted octanol–water partition coefficient (Wildman–Crippen LogP) is -0.0676. The van der Waals surface area contributed by atoms with E-state index in [2.05, 4.69) is 10.3 Å². The fraction of sp³-hybridized carbons (Fsp3) is 0.800. The highest BCUT2D eigenvalue weighted by atomic mass is 16.5. The van der Waals surface area contributed by atoms with Gasteiger partial charge in [0.15, 0.2) is 0 Å². The average molecular weight is 226 g/mol. The van der Waals surface area contributed by atoms with Gasteiger partial charge in [-0.3, -0.25) is 0 Å². The molecule has 2 N–H and O–H groups in total. The van der Waals surface area contributed by atoms with E-state index in [1.807, 2.05) is 6.20 Å². The van der Waals surface area contributed by atoms with Crippen LogP contribution in [0.2, 0.25) is 0 Å². The van der Waals surface area contributed by atoms with Crippen LogP contribution in [0.25, 0.3) is 0 Å². The van der Waals surface area contributed by atoms with Crippen molar-refractivity contribution in [3.05, 3.63) is 11.9 Å². The van der Waals surface area contributed by atoms with Crippen LogP contribution in [-0.4, -0.2) is 40.9 Å². The standard InChI is InChI=1S/C10H18N4O2/c11-6-9-7-14(13-12-9)3-5-15-8-10-2-1-4-16-10/h7,10H,1-6,8,11H2. The zero-order chi connectivity index (χ0) is 11.2. The molecule has 0 saturated carbocycles. The highest BCUT2D eigenvalue weighted by molar-refractivity contribution is 4.90. The van der Waals surface area contributed by atoms with Crippen LogP contribution in [0, 0.1) is 0 Å². The fourth-order valence-electron chi connectivity index (χ4n) is 1.69. The lowest BCUT2D eigenvalue weighted by Crippen LogP contribution is -2.16. The van der Waals surface area contributed by atoms with Crippen molar-refractivity contribution in [2.24, 2.45) is 5.73 Å². The summed E-state index contributed by atoms with van der Waals surface area (Å²) < 4.78 is 12.7. The molecule has 0 aromatic carbocycles. The number of aromatic nitrogens is 3.